The van der Waals surface area contributed by atoms with Gasteiger partial charge >= 0.3 is 0 Å². The summed E-state index contributed by atoms with van der Waals surface area (Å²) in [5.74, 6) is 1.18. The number of nitrogens with zero attached hydrogens (tertiary/aromatic N) is 1. The highest BCUT2D eigenvalue weighted by molar-refractivity contribution is 7.80. The van der Waals surface area contributed by atoms with Gasteiger partial charge in [-0.3, -0.25) is 0 Å². The van der Waals surface area contributed by atoms with Gasteiger partial charge in [0.25, 0.3) is 0 Å². The molecule has 0 spiro atoms. The van der Waals surface area contributed by atoms with Crippen molar-refractivity contribution < 1.29 is 4.74 Å². The van der Waals surface area contributed by atoms with Crippen LogP contribution in [-0.2, 0) is 0 Å². The lowest BCUT2D eigenvalue weighted by Crippen LogP contribution is -2.12. The van der Waals surface area contributed by atoms with E-state index < -0.39 is 0 Å². The molecule has 2 N–H and O–H groups in total. The maximum Gasteiger partial charge on any atom is 0.229 e. The smallest absolute Gasteiger partial charge is 0.229 e. The van der Waals surface area contributed by atoms with Crippen LogP contribution in [0.25, 0.3) is 10.8 Å². The third-order valence-electron chi connectivity index (χ3n) is 3.22. The van der Waals surface area contributed by atoms with Crippen molar-refractivity contribution in [3.05, 3.63) is 65.9 Å². The number of aryl methyl sites for hydroxylation is 1. The fourth-order valence-electron chi connectivity index (χ4n) is 2.19. The molecule has 0 aliphatic heterocycles. The summed E-state index contributed by atoms with van der Waals surface area (Å²) in [6, 6.07) is 17.6. The minimum atomic E-state index is 0.276. The topological polar surface area (TPSA) is 48.1 Å². The highest BCUT2D eigenvalue weighted by atomic mass is 32.1. The van der Waals surface area contributed by atoms with E-state index in [1.54, 1.807) is 0 Å². The van der Waals surface area contributed by atoms with Crippen molar-refractivity contribution in [1.29, 1.82) is 0 Å². The second-order valence-corrected chi connectivity index (χ2v) is 5.19. The van der Waals surface area contributed by atoms with Crippen LogP contribution >= 0.6 is 12.2 Å². The molecule has 0 radical (unpaired) electrons. The van der Waals surface area contributed by atoms with Crippen LogP contribution in [-0.4, -0.2) is 9.97 Å². The first kappa shape index (κ1) is 13.5. The summed E-state index contributed by atoms with van der Waals surface area (Å²) in [6.45, 7) is 1.90. The predicted molar refractivity (Wildman–Crippen MR) is 88.9 cm³/mol. The Morgan fingerprint density at radius 1 is 1.05 bits per heavy atom. The Bertz CT molecular complexity index is 825. The zero-order valence-electron chi connectivity index (χ0n) is 11.5. The van der Waals surface area contributed by atoms with Crippen molar-refractivity contribution in [2.75, 3.05) is 0 Å². The Morgan fingerprint density at radius 3 is 2.62 bits per heavy atom. The van der Waals surface area contributed by atoms with Gasteiger partial charge in [-0.25, -0.2) is 4.98 Å². The molecule has 3 rings (SSSR count). The Hall–Kier alpha value is -2.46. The molecule has 0 saturated heterocycles. The summed E-state index contributed by atoms with van der Waals surface area (Å²) in [4.78, 5) is 4.68. The van der Waals surface area contributed by atoms with Crippen molar-refractivity contribution in [2.24, 2.45) is 5.73 Å². The molecule has 21 heavy (non-hydrogen) atoms. The van der Waals surface area contributed by atoms with Crippen molar-refractivity contribution in [3.8, 4) is 11.6 Å². The average molecular weight is 294 g/mol. The standard InChI is InChI=1S/C17H14N2OS/c1-11-9-10-14(16(18)21)17(19-11)20-15-8-4-6-12-5-2-3-7-13(12)15/h2-10H,1H3,(H2,18,21). The normalized spacial score (nSPS) is 10.5. The molecule has 0 saturated carbocycles. The van der Waals surface area contributed by atoms with Crippen molar-refractivity contribution >= 4 is 28.0 Å². The molecule has 4 heteroatoms. The minimum Gasteiger partial charge on any atom is -0.438 e. The second-order valence-electron chi connectivity index (χ2n) is 4.75. The number of hydrogen-bond donors (Lipinski definition) is 1. The molecule has 0 unspecified atom stereocenters. The van der Waals surface area contributed by atoms with E-state index in [0.29, 0.717) is 11.4 Å². The lowest BCUT2D eigenvalue weighted by molar-refractivity contribution is 0.466. The molecule has 0 atom stereocenters. The van der Waals surface area contributed by atoms with E-state index in [2.05, 4.69) is 4.98 Å². The van der Waals surface area contributed by atoms with Gasteiger partial charge in [0.05, 0.1) is 5.56 Å². The van der Waals surface area contributed by atoms with Crippen LogP contribution in [0.15, 0.2) is 54.6 Å². The van der Waals surface area contributed by atoms with Gasteiger partial charge < -0.3 is 10.5 Å². The number of fused-ring (bicyclic) bond motifs is 1. The SMILES string of the molecule is Cc1ccc(C(N)=S)c(Oc2cccc3ccccc23)n1. The predicted octanol–water partition coefficient (Wildman–Crippen LogP) is 3.97. The maximum atomic E-state index is 5.99. The Morgan fingerprint density at radius 2 is 1.81 bits per heavy atom. The van der Waals surface area contributed by atoms with Gasteiger partial charge in [0.15, 0.2) is 0 Å². The van der Waals surface area contributed by atoms with E-state index >= 15 is 0 Å². The first-order valence-electron chi connectivity index (χ1n) is 6.58. The maximum absolute atomic E-state index is 5.99. The largest absolute Gasteiger partial charge is 0.438 e. The van der Waals surface area contributed by atoms with Crippen LogP contribution in [0.5, 0.6) is 11.6 Å². The van der Waals surface area contributed by atoms with E-state index in [1.165, 1.54) is 0 Å². The van der Waals surface area contributed by atoms with Crippen LogP contribution in [0, 0.1) is 6.92 Å². The van der Waals surface area contributed by atoms with Gasteiger partial charge in [-0.2, -0.15) is 0 Å². The molecule has 0 aliphatic rings. The molecule has 0 amide bonds. The summed E-state index contributed by atoms with van der Waals surface area (Å²) in [5, 5.41) is 2.14. The number of hydrogen-bond acceptors (Lipinski definition) is 3. The Kier molecular flexibility index (Phi) is 3.54. The first-order valence-corrected chi connectivity index (χ1v) is 6.99. The molecule has 1 aromatic heterocycles. The lowest BCUT2D eigenvalue weighted by Gasteiger charge is -2.12. The van der Waals surface area contributed by atoms with Gasteiger partial charge in [0.2, 0.25) is 5.88 Å². The summed E-state index contributed by atoms with van der Waals surface area (Å²) in [5.41, 5.74) is 7.24. The van der Waals surface area contributed by atoms with E-state index in [1.807, 2.05) is 61.5 Å². The van der Waals surface area contributed by atoms with Gasteiger partial charge in [-0.1, -0.05) is 48.6 Å². The summed E-state index contributed by atoms with van der Waals surface area (Å²) < 4.78 is 5.99. The summed E-state index contributed by atoms with van der Waals surface area (Å²) >= 11 is 5.06. The third-order valence-corrected chi connectivity index (χ3v) is 3.44. The Balaban J connectivity index is 2.11. The van der Waals surface area contributed by atoms with Crippen molar-refractivity contribution in [3.63, 3.8) is 0 Å². The van der Waals surface area contributed by atoms with E-state index in [9.17, 15) is 0 Å². The number of ether oxygens (including phenoxy) is 1. The molecule has 0 bridgehead atoms. The number of thiocarbonyl (C=S) groups is 1. The molecule has 104 valence electrons. The van der Waals surface area contributed by atoms with Crippen molar-refractivity contribution in [2.45, 2.75) is 6.92 Å². The molecule has 2 aromatic carbocycles. The molecule has 1 heterocycles. The average Bonchev–Trinajstić information content (AvgIpc) is 2.47. The van der Waals surface area contributed by atoms with Gasteiger partial charge in [-0.05, 0) is 30.5 Å². The number of nitrogens with two attached hydrogens (primary N) is 1. The van der Waals surface area contributed by atoms with Gasteiger partial charge in [0, 0.05) is 11.1 Å². The Labute approximate surface area is 128 Å². The molecular formula is C17H14N2OS. The number of benzene rings is 2. The summed E-state index contributed by atoms with van der Waals surface area (Å²) in [7, 11) is 0. The number of rotatable bonds is 3. The highest BCUT2D eigenvalue weighted by Gasteiger charge is 2.11. The number of pyridine rings is 1. The lowest BCUT2D eigenvalue weighted by atomic mass is 10.1. The van der Waals surface area contributed by atoms with Gasteiger partial charge in [0.1, 0.15) is 10.7 Å². The number of aromatic nitrogens is 1. The van der Waals surface area contributed by atoms with Crippen molar-refractivity contribution in [1.82, 2.24) is 4.98 Å². The quantitative estimate of drug-likeness (QED) is 0.743. The zero-order chi connectivity index (χ0) is 14.8. The zero-order valence-corrected chi connectivity index (χ0v) is 12.4. The molecule has 3 nitrogen and oxygen atoms in total. The monoisotopic (exact) mass is 294 g/mol. The van der Waals surface area contributed by atoms with Crippen LogP contribution in [0.1, 0.15) is 11.3 Å². The van der Waals surface area contributed by atoms with Crippen LogP contribution in [0.3, 0.4) is 0 Å². The molecular weight excluding hydrogens is 280 g/mol. The minimum absolute atomic E-state index is 0.276. The van der Waals surface area contributed by atoms with Crippen LogP contribution < -0.4 is 10.5 Å². The summed E-state index contributed by atoms with van der Waals surface area (Å²) in [6.07, 6.45) is 0. The third kappa shape index (κ3) is 2.71. The van der Waals surface area contributed by atoms with Crippen LogP contribution in [0.2, 0.25) is 0 Å². The van der Waals surface area contributed by atoms with Crippen LogP contribution in [0.4, 0.5) is 0 Å². The first-order chi connectivity index (χ1) is 10.1. The van der Waals surface area contributed by atoms with E-state index in [4.69, 9.17) is 22.7 Å². The second kappa shape index (κ2) is 5.50. The highest BCUT2D eigenvalue weighted by Crippen LogP contribution is 2.30. The fourth-order valence-corrected chi connectivity index (χ4v) is 2.34. The fraction of sp³-hybridized carbons (Fsp3) is 0.0588. The molecule has 0 fully saturated rings. The van der Waals surface area contributed by atoms with E-state index in [0.717, 1.165) is 22.2 Å². The van der Waals surface area contributed by atoms with E-state index in [-0.39, 0.29) is 4.99 Å². The molecule has 0 aliphatic carbocycles. The van der Waals surface area contributed by atoms with Gasteiger partial charge in [-0.15, -0.1) is 0 Å². The molecule has 3 aromatic rings.